The van der Waals surface area contributed by atoms with Crippen molar-refractivity contribution in [3.05, 3.63) is 17.0 Å². The number of carbonyl (C=O) groups is 1. The molecule has 0 bridgehead atoms. The van der Waals surface area contributed by atoms with Crippen LogP contribution in [0.1, 0.15) is 25.1 Å². The number of nitrogens with one attached hydrogen (secondary N) is 2. The van der Waals surface area contributed by atoms with Gasteiger partial charge in [0.25, 0.3) is 15.9 Å². The molecule has 1 unspecified atom stereocenters. The summed E-state index contributed by atoms with van der Waals surface area (Å²) in [5.74, 6) is -3.37. The molecule has 1 aliphatic rings. The molecular formula is C14H21F2N3O3S2. The van der Waals surface area contributed by atoms with Crippen molar-refractivity contribution in [3.8, 4) is 0 Å². The van der Waals surface area contributed by atoms with E-state index in [1.54, 1.807) is 19.9 Å². The van der Waals surface area contributed by atoms with E-state index in [2.05, 4.69) is 10.6 Å². The molecule has 2 heterocycles. The lowest BCUT2D eigenvalue weighted by Crippen LogP contribution is -2.39. The Morgan fingerprint density at radius 1 is 1.42 bits per heavy atom. The maximum Gasteiger partial charge on any atom is 0.262 e. The van der Waals surface area contributed by atoms with Gasteiger partial charge in [0.2, 0.25) is 5.91 Å². The van der Waals surface area contributed by atoms with Crippen LogP contribution in [0.3, 0.4) is 0 Å². The second kappa shape index (κ2) is 7.42. The fourth-order valence-corrected chi connectivity index (χ4v) is 5.39. The van der Waals surface area contributed by atoms with E-state index in [-0.39, 0.29) is 10.8 Å². The molecule has 1 amide bonds. The summed E-state index contributed by atoms with van der Waals surface area (Å²) in [6.45, 7) is 3.90. The van der Waals surface area contributed by atoms with Crippen LogP contribution < -0.4 is 10.6 Å². The van der Waals surface area contributed by atoms with Gasteiger partial charge in [-0.1, -0.05) is 13.8 Å². The van der Waals surface area contributed by atoms with Crippen molar-refractivity contribution >= 4 is 27.3 Å². The average molecular weight is 381 g/mol. The van der Waals surface area contributed by atoms with E-state index in [0.29, 0.717) is 18.0 Å². The number of carbonyl (C=O) groups excluding carboxylic acids is 1. The van der Waals surface area contributed by atoms with E-state index in [9.17, 15) is 22.0 Å². The molecular weight excluding hydrogens is 360 g/mol. The first-order valence-electron chi connectivity index (χ1n) is 7.67. The van der Waals surface area contributed by atoms with Crippen LogP contribution >= 0.6 is 11.3 Å². The minimum Gasteiger partial charge on any atom is -0.350 e. The third-order valence-corrected chi connectivity index (χ3v) is 7.40. The van der Waals surface area contributed by atoms with Gasteiger partial charge in [0.15, 0.2) is 0 Å². The normalized spacial score (nSPS) is 20.5. The lowest BCUT2D eigenvalue weighted by Gasteiger charge is -2.16. The van der Waals surface area contributed by atoms with E-state index in [1.807, 2.05) is 0 Å². The second-order valence-corrected chi connectivity index (χ2v) is 8.85. The zero-order chi connectivity index (χ0) is 18.0. The number of halogens is 2. The van der Waals surface area contributed by atoms with Crippen LogP contribution in [0.2, 0.25) is 0 Å². The fraction of sp³-hybridized carbons (Fsp3) is 0.643. The van der Waals surface area contributed by atoms with Crippen LogP contribution in [0.25, 0.3) is 0 Å². The maximum atomic E-state index is 13.1. The smallest absolute Gasteiger partial charge is 0.262 e. The highest BCUT2D eigenvalue weighted by Crippen LogP contribution is 2.26. The second-order valence-electron chi connectivity index (χ2n) is 5.52. The number of hydrogen-bond donors (Lipinski definition) is 2. The number of amides is 1. The number of alkyl halides is 2. The van der Waals surface area contributed by atoms with Crippen LogP contribution in [0, 0.1) is 0 Å². The number of nitrogens with zero attached hydrogens (tertiary/aromatic N) is 1. The molecule has 0 aliphatic carbocycles. The van der Waals surface area contributed by atoms with Gasteiger partial charge in [-0.05, 0) is 12.1 Å². The Balaban J connectivity index is 1.96. The molecule has 1 atom stereocenters. The minimum absolute atomic E-state index is 0.112. The summed E-state index contributed by atoms with van der Waals surface area (Å²) < 4.78 is 52.5. The highest BCUT2D eigenvalue weighted by Gasteiger charge is 2.42. The minimum atomic E-state index is -3.52. The lowest BCUT2D eigenvalue weighted by atomic mass is 10.2. The molecule has 1 aromatic rings. The molecule has 0 spiro atoms. The van der Waals surface area contributed by atoms with Crippen molar-refractivity contribution in [2.24, 2.45) is 0 Å². The third-order valence-electron chi connectivity index (χ3n) is 3.80. The van der Waals surface area contributed by atoms with Crippen LogP contribution in [-0.4, -0.2) is 50.2 Å². The number of thiophene rings is 1. The summed E-state index contributed by atoms with van der Waals surface area (Å²) >= 11 is 1.07. The maximum absolute atomic E-state index is 13.1. The monoisotopic (exact) mass is 381 g/mol. The van der Waals surface area contributed by atoms with E-state index < -0.39 is 40.9 Å². The number of sulfonamides is 1. The Hall–Kier alpha value is -1.10. The van der Waals surface area contributed by atoms with Crippen molar-refractivity contribution in [2.45, 2.75) is 43.0 Å². The molecule has 10 heteroatoms. The van der Waals surface area contributed by atoms with Crippen molar-refractivity contribution in [1.82, 2.24) is 14.9 Å². The van der Waals surface area contributed by atoms with Crippen LogP contribution in [-0.2, 0) is 21.4 Å². The molecule has 1 fully saturated rings. The average Bonchev–Trinajstić information content (AvgIpc) is 3.12. The Morgan fingerprint density at radius 2 is 2.08 bits per heavy atom. The Kier molecular flexibility index (Phi) is 5.95. The largest absolute Gasteiger partial charge is 0.350 e. The Morgan fingerprint density at radius 3 is 2.62 bits per heavy atom. The molecule has 2 rings (SSSR count). The summed E-state index contributed by atoms with van der Waals surface area (Å²) in [6, 6.07) is 2.21. The first-order valence-corrected chi connectivity index (χ1v) is 9.93. The van der Waals surface area contributed by atoms with Crippen LogP contribution in [0.15, 0.2) is 16.3 Å². The molecule has 2 N–H and O–H groups in total. The molecule has 6 nitrogen and oxygen atoms in total. The van der Waals surface area contributed by atoms with Crippen LogP contribution in [0.5, 0.6) is 0 Å². The van der Waals surface area contributed by atoms with Gasteiger partial charge in [-0.2, -0.15) is 4.31 Å². The predicted molar refractivity (Wildman–Crippen MR) is 87.6 cm³/mol. The van der Waals surface area contributed by atoms with Gasteiger partial charge in [0, 0.05) is 24.4 Å². The Bertz CT molecular complexity index is 687. The SMILES string of the molecule is CCN(CC)S(=O)(=O)c1ccc(CNC(=O)C2CC(F)(F)CN2)s1. The fourth-order valence-electron chi connectivity index (χ4n) is 2.48. The molecule has 1 aliphatic heterocycles. The quantitative estimate of drug-likeness (QED) is 0.748. The Labute approximate surface area is 144 Å². The summed E-state index contributed by atoms with van der Waals surface area (Å²) in [5, 5.41) is 5.05. The first kappa shape index (κ1) is 19.2. The van der Waals surface area contributed by atoms with Gasteiger partial charge < -0.3 is 5.32 Å². The molecule has 0 saturated carbocycles. The molecule has 24 heavy (non-hydrogen) atoms. The van der Waals surface area contributed by atoms with Gasteiger partial charge in [0.05, 0.1) is 19.1 Å². The van der Waals surface area contributed by atoms with E-state index in [0.717, 1.165) is 11.3 Å². The van der Waals surface area contributed by atoms with Gasteiger partial charge in [-0.25, -0.2) is 17.2 Å². The van der Waals surface area contributed by atoms with Gasteiger partial charge in [-0.3, -0.25) is 10.1 Å². The summed E-state index contributed by atoms with van der Waals surface area (Å²) in [4.78, 5) is 12.5. The van der Waals surface area contributed by atoms with Crippen molar-refractivity contribution < 1.29 is 22.0 Å². The molecule has 0 aromatic carbocycles. The van der Waals surface area contributed by atoms with E-state index in [1.165, 1.54) is 10.4 Å². The summed E-state index contributed by atoms with van der Waals surface area (Å²) in [6.07, 6.45) is -0.523. The van der Waals surface area contributed by atoms with Crippen molar-refractivity contribution in [2.75, 3.05) is 19.6 Å². The molecule has 0 radical (unpaired) electrons. The number of hydrogen-bond acceptors (Lipinski definition) is 5. The summed E-state index contributed by atoms with van der Waals surface area (Å²) in [7, 11) is -3.52. The zero-order valence-electron chi connectivity index (χ0n) is 13.5. The topological polar surface area (TPSA) is 78.5 Å². The van der Waals surface area contributed by atoms with Gasteiger partial charge in [-0.15, -0.1) is 11.3 Å². The zero-order valence-corrected chi connectivity index (χ0v) is 15.1. The molecule has 1 saturated heterocycles. The lowest BCUT2D eigenvalue weighted by molar-refractivity contribution is -0.123. The van der Waals surface area contributed by atoms with Crippen LogP contribution in [0.4, 0.5) is 8.78 Å². The summed E-state index contributed by atoms with van der Waals surface area (Å²) in [5.41, 5.74) is 0. The first-order chi connectivity index (χ1) is 11.2. The standard InChI is InChI=1S/C14H21F2N3O3S2/c1-3-19(4-2)24(21,22)12-6-5-10(23-12)8-17-13(20)11-7-14(15,16)9-18-11/h5-6,11,18H,3-4,7-9H2,1-2H3,(H,17,20). The third kappa shape index (κ3) is 4.29. The van der Waals surface area contributed by atoms with Gasteiger partial charge in [0.1, 0.15) is 4.21 Å². The van der Waals surface area contributed by atoms with E-state index in [4.69, 9.17) is 0 Å². The van der Waals surface area contributed by atoms with E-state index >= 15 is 0 Å². The van der Waals surface area contributed by atoms with Gasteiger partial charge >= 0.3 is 0 Å². The predicted octanol–water partition coefficient (Wildman–Crippen LogP) is 1.39. The highest BCUT2D eigenvalue weighted by atomic mass is 32.2. The van der Waals surface area contributed by atoms with Crippen molar-refractivity contribution in [1.29, 1.82) is 0 Å². The molecule has 1 aromatic heterocycles. The highest BCUT2D eigenvalue weighted by molar-refractivity contribution is 7.91. The number of rotatable bonds is 7. The van der Waals surface area contributed by atoms with Crippen molar-refractivity contribution in [3.63, 3.8) is 0 Å². The molecule has 136 valence electrons.